The standard InChI is InChI=1S/C6H5BrN6O2S2/c7-3-1-10-4(2-9-3)13-17(14,15)6-12-11-5(8)16-6/h1-2H,(H2,8,11)(H,10,13). The van der Waals surface area contributed by atoms with E-state index in [4.69, 9.17) is 5.73 Å². The van der Waals surface area contributed by atoms with Gasteiger partial charge in [0.25, 0.3) is 14.4 Å². The smallest absolute Gasteiger partial charge is 0.292 e. The fourth-order valence-corrected chi connectivity index (χ4v) is 2.86. The summed E-state index contributed by atoms with van der Waals surface area (Å²) >= 11 is 3.85. The van der Waals surface area contributed by atoms with E-state index >= 15 is 0 Å². The Hall–Kier alpha value is -1.33. The van der Waals surface area contributed by atoms with E-state index in [1.165, 1.54) is 12.4 Å². The maximum atomic E-state index is 11.8. The van der Waals surface area contributed by atoms with Crippen molar-refractivity contribution in [1.82, 2.24) is 20.2 Å². The van der Waals surface area contributed by atoms with Crippen LogP contribution in [0, 0.1) is 0 Å². The highest BCUT2D eigenvalue weighted by atomic mass is 79.9. The molecule has 0 atom stereocenters. The molecular weight excluding hydrogens is 332 g/mol. The molecule has 0 fully saturated rings. The first-order valence-corrected chi connectivity index (χ1v) is 7.16. The van der Waals surface area contributed by atoms with Gasteiger partial charge in [-0.05, 0) is 15.9 Å². The third-order valence-corrected chi connectivity index (χ3v) is 4.40. The lowest BCUT2D eigenvalue weighted by atomic mass is 10.7. The van der Waals surface area contributed by atoms with Crippen LogP contribution >= 0.6 is 27.3 Å². The summed E-state index contributed by atoms with van der Waals surface area (Å²) in [6.45, 7) is 0. The van der Waals surface area contributed by atoms with Gasteiger partial charge < -0.3 is 5.73 Å². The van der Waals surface area contributed by atoms with E-state index in [9.17, 15) is 8.42 Å². The average molecular weight is 337 g/mol. The fourth-order valence-electron chi connectivity index (χ4n) is 0.875. The maximum Gasteiger partial charge on any atom is 0.292 e. The lowest BCUT2D eigenvalue weighted by Gasteiger charge is -2.02. The second kappa shape index (κ2) is 4.50. The summed E-state index contributed by atoms with van der Waals surface area (Å²) in [7, 11) is -3.81. The Morgan fingerprint density at radius 3 is 2.59 bits per heavy atom. The van der Waals surface area contributed by atoms with Gasteiger partial charge in [-0.1, -0.05) is 11.3 Å². The van der Waals surface area contributed by atoms with Crippen LogP contribution in [0.4, 0.5) is 10.9 Å². The molecule has 0 aliphatic heterocycles. The SMILES string of the molecule is Nc1nnc(S(=O)(=O)Nc2cnc(Br)cn2)s1. The molecule has 90 valence electrons. The fraction of sp³-hybridized carbons (Fsp3) is 0. The second-order valence-electron chi connectivity index (χ2n) is 2.74. The monoisotopic (exact) mass is 336 g/mol. The van der Waals surface area contributed by atoms with Crippen molar-refractivity contribution in [3.05, 3.63) is 17.0 Å². The van der Waals surface area contributed by atoms with Crippen LogP contribution < -0.4 is 10.5 Å². The van der Waals surface area contributed by atoms with Crippen LogP contribution in [0.15, 0.2) is 21.3 Å². The summed E-state index contributed by atoms with van der Waals surface area (Å²) in [4.78, 5) is 7.65. The van der Waals surface area contributed by atoms with Gasteiger partial charge in [0, 0.05) is 0 Å². The maximum absolute atomic E-state index is 11.8. The van der Waals surface area contributed by atoms with Gasteiger partial charge in [-0.2, -0.15) is 8.42 Å². The van der Waals surface area contributed by atoms with Crippen molar-refractivity contribution >= 4 is 48.2 Å². The molecule has 2 aromatic rings. The Bertz CT molecular complexity index is 624. The lowest BCUT2D eigenvalue weighted by Crippen LogP contribution is -2.13. The molecule has 2 heterocycles. The normalized spacial score (nSPS) is 11.4. The van der Waals surface area contributed by atoms with Gasteiger partial charge in [-0.3, -0.25) is 4.72 Å². The van der Waals surface area contributed by atoms with Crippen LogP contribution in [0.2, 0.25) is 0 Å². The third-order valence-electron chi connectivity index (χ3n) is 1.51. The number of sulfonamides is 1. The first-order chi connectivity index (χ1) is 7.97. The van der Waals surface area contributed by atoms with E-state index in [2.05, 4.69) is 40.8 Å². The summed E-state index contributed by atoms with van der Waals surface area (Å²) in [5.74, 6) is 0.0852. The molecule has 0 spiro atoms. The first kappa shape index (κ1) is 12.1. The topological polar surface area (TPSA) is 124 Å². The van der Waals surface area contributed by atoms with Crippen LogP contribution in [-0.4, -0.2) is 28.6 Å². The average Bonchev–Trinajstić information content (AvgIpc) is 2.69. The number of nitrogens with zero attached hydrogens (tertiary/aromatic N) is 4. The zero-order valence-electron chi connectivity index (χ0n) is 8.03. The molecular formula is C6H5BrN6O2S2. The van der Waals surface area contributed by atoms with Crippen molar-refractivity contribution in [3.63, 3.8) is 0 Å². The van der Waals surface area contributed by atoms with Gasteiger partial charge in [-0.15, -0.1) is 10.2 Å². The van der Waals surface area contributed by atoms with E-state index in [-0.39, 0.29) is 15.3 Å². The van der Waals surface area contributed by atoms with Gasteiger partial charge in [-0.25, -0.2) is 9.97 Å². The summed E-state index contributed by atoms with van der Waals surface area (Å²) in [6.07, 6.45) is 2.64. The van der Waals surface area contributed by atoms with E-state index < -0.39 is 10.0 Å². The number of nitrogens with two attached hydrogens (primary N) is 1. The molecule has 0 saturated heterocycles. The molecule has 0 aliphatic carbocycles. The number of rotatable bonds is 3. The molecule has 0 aliphatic rings. The highest BCUT2D eigenvalue weighted by Crippen LogP contribution is 2.19. The second-order valence-corrected chi connectivity index (χ2v) is 6.41. The minimum Gasteiger partial charge on any atom is -0.374 e. The molecule has 0 saturated carbocycles. The van der Waals surface area contributed by atoms with Crippen molar-refractivity contribution in [1.29, 1.82) is 0 Å². The number of aromatic nitrogens is 4. The largest absolute Gasteiger partial charge is 0.374 e. The molecule has 3 N–H and O–H groups in total. The predicted molar refractivity (Wildman–Crippen MR) is 64.9 cm³/mol. The molecule has 0 unspecified atom stereocenters. The van der Waals surface area contributed by atoms with Crippen molar-refractivity contribution in [3.8, 4) is 0 Å². The van der Waals surface area contributed by atoms with Crippen LogP contribution in [0.5, 0.6) is 0 Å². The minimum absolute atomic E-state index is 0.0762. The summed E-state index contributed by atoms with van der Waals surface area (Å²) in [5, 5.41) is 6.94. The van der Waals surface area contributed by atoms with Crippen molar-refractivity contribution in [2.45, 2.75) is 4.34 Å². The van der Waals surface area contributed by atoms with E-state index in [1.807, 2.05) is 0 Å². The van der Waals surface area contributed by atoms with Crippen LogP contribution in [0.1, 0.15) is 0 Å². The molecule has 8 nitrogen and oxygen atoms in total. The zero-order chi connectivity index (χ0) is 12.5. The Kier molecular flexibility index (Phi) is 3.22. The summed E-state index contributed by atoms with van der Waals surface area (Å²) in [5.41, 5.74) is 5.31. The molecule has 0 amide bonds. The molecule has 2 rings (SSSR count). The molecule has 0 bridgehead atoms. The van der Waals surface area contributed by atoms with E-state index in [1.54, 1.807) is 0 Å². The summed E-state index contributed by atoms with van der Waals surface area (Å²) in [6, 6.07) is 0. The number of nitrogens with one attached hydrogen (secondary N) is 1. The first-order valence-electron chi connectivity index (χ1n) is 4.07. The van der Waals surface area contributed by atoms with E-state index in [0.717, 1.165) is 11.3 Å². The van der Waals surface area contributed by atoms with E-state index in [0.29, 0.717) is 4.60 Å². The Balaban J connectivity index is 2.26. The number of anilines is 2. The quantitative estimate of drug-likeness (QED) is 0.834. The Morgan fingerprint density at radius 2 is 2.06 bits per heavy atom. The number of nitrogen functional groups attached to an aromatic ring is 1. The molecule has 0 radical (unpaired) electrons. The molecule has 11 heteroatoms. The Morgan fingerprint density at radius 1 is 1.29 bits per heavy atom. The Labute approximate surface area is 108 Å². The number of halogens is 1. The van der Waals surface area contributed by atoms with Gasteiger partial charge in [0.15, 0.2) is 5.82 Å². The highest BCUT2D eigenvalue weighted by molar-refractivity contribution is 9.10. The zero-order valence-corrected chi connectivity index (χ0v) is 11.3. The van der Waals surface area contributed by atoms with Gasteiger partial charge >= 0.3 is 0 Å². The van der Waals surface area contributed by atoms with Crippen molar-refractivity contribution in [2.24, 2.45) is 0 Å². The predicted octanol–water partition coefficient (Wildman–Crippen LogP) is 0.474. The molecule has 17 heavy (non-hydrogen) atoms. The molecule has 2 aromatic heterocycles. The number of hydrogen-bond acceptors (Lipinski definition) is 8. The van der Waals surface area contributed by atoms with Crippen LogP contribution in [-0.2, 0) is 10.0 Å². The molecule has 0 aromatic carbocycles. The lowest BCUT2D eigenvalue weighted by molar-refractivity contribution is 0.599. The summed E-state index contributed by atoms with van der Waals surface area (Å²) < 4.78 is 26.0. The number of hydrogen-bond donors (Lipinski definition) is 2. The van der Waals surface area contributed by atoms with Crippen LogP contribution in [0.25, 0.3) is 0 Å². The van der Waals surface area contributed by atoms with Crippen molar-refractivity contribution in [2.75, 3.05) is 10.5 Å². The van der Waals surface area contributed by atoms with Gasteiger partial charge in [0.2, 0.25) is 5.13 Å². The van der Waals surface area contributed by atoms with Crippen LogP contribution in [0.3, 0.4) is 0 Å². The van der Waals surface area contributed by atoms with Gasteiger partial charge in [0.05, 0.1) is 12.4 Å². The van der Waals surface area contributed by atoms with Gasteiger partial charge in [0.1, 0.15) is 4.60 Å². The van der Waals surface area contributed by atoms with Crippen molar-refractivity contribution < 1.29 is 8.42 Å². The third kappa shape index (κ3) is 2.87. The minimum atomic E-state index is -3.81. The highest BCUT2D eigenvalue weighted by Gasteiger charge is 2.20.